The summed E-state index contributed by atoms with van der Waals surface area (Å²) in [4.78, 5) is 22.8. The first kappa shape index (κ1) is 15.3. The van der Waals surface area contributed by atoms with E-state index in [0.717, 1.165) is 12.8 Å². The van der Waals surface area contributed by atoms with Crippen molar-refractivity contribution >= 4 is 23.6 Å². The number of hydrogen-bond donors (Lipinski definition) is 3. The molecule has 1 atom stereocenters. The lowest BCUT2D eigenvalue weighted by Crippen LogP contribution is -2.41. The molecular formula is C13H17ClN2O3. The molecule has 104 valence electrons. The van der Waals surface area contributed by atoms with Gasteiger partial charge in [0.1, 0.15) is 0 Å². The highest BCUT2D eigenvalue weighted by atomic mass is 35.5. The molecule has 6 heteroatoms. The van der Waals surface area contributed by atoms with Gasteiger partial charge in [-0.1, -0.05) is 43.1 Å². The maximum absolute atomic E-state index is 11.6. The van der Waals surface area contributed by atoms with Crippen LogP contribution < -0.4 is 10.6 Å². The van der Waals surface area contributed by atoms with E-state index in [9.17, 15) is 14.7 Å². The molecule has 0 unspecified atom stereocenters. The van der Waals surface area contributed by atoms with Crippen molar-refractivity contribution in [3.05, 3.63) is 34.9 Å². The van der Waals surface area contributed by atoms with E-state index in [-0.39, 0.29) is 0 Å². The van der Waals surface area contributed by atoms with Crippen LogP contribution in [0.3, 0.4) is 0 Å². The third kappa shape index (κ3) is 4.79. The second-order valence-corrected chi connectivity index (χ2v) is 4.45. The summed E-state index contributed by atoms with van der Waals surface area (Å²) in [5.74, 6) is -1.15. The summed E-state index contributed by atoms with van der Waals surface area (Å²) in [5, 5.41) is 14.5. The molecule has 0 radical (unpaired) electrons. The molecule has 0 bridgehead atoms. The van der Waals surface area contributed by atoms with Crippen molar-refractivity contribution in [2.24, 2.45) is 0 Å². The second kappa shape index (κ2) is 7.63. The van der Waals surface area contributed by atoms with Crippen LogP contribution in [0.1, 0.15) is 31.4 Å². The summed E-state index contributed by atoms with van der Waals surface area (Å²) in [6, 6.07) is 4.87. The first-order valence-corrected chi connectivity index (χ1v) is 6.45. The number of aliphatic carboxylic acids is 1. The van der Waals surface area contributed by atoms with Crippen LogP contribution in [0.5, 0.6) is 0 Å². The summed E-state index contributed by atoms with van der Waals surface area (Å²) in [7, 11) is 0. The average Bonchev–Trinajstić information content (AvgIpc) is 2.37. The van der Waals surface area contributed by atoms with Gasteiger partial charge in [-0.15, -0.1) is 0 Å². The Kier molecular flexibility index (Phi) is 6.15. The van der Waals surface area contributed by atoms with Gasteiger partial charge in [0.25, 0.3) is 0 Å². The summed E-state index contributed by atoms with van der Waals surface area (Å²) in [5.41, 5.74) is 0.363. The standard InChI is InChI=1S/C13H17ClN2O3/c1-2-3-8-15-13(19)16-11(12(17)18)9-6-4-5-7-10(9)14/h4-7,11H,2-3,8H2,1H3,(H,17,18)(H2,15,16,19)/t11-/m1/s1. The Labute approximate surface area is 117 Å². The van der Waals surface area contributed by atoms with Crippen LogP contribution in [-0.2, 0) is 4.79 Å². The molecule has 0 aromatic heterocycles. The van der Waals surface area contributed by atoms with Crippen LogP contribution in [0, 0.1) is 0 Å². The van der Waals surface area contributed by atoms with E-state index in [4.69, 9.17) is 11.6 Å². The molecule has 1 rings (SSSR count). The number of amides is 2. The monoisotopic (exact) mass is 284 g/mol. The number of carboxylic acid groups (broad SMARTS) is 1. The summed E-state index contributed by atoms with van der Waals surface area (Å²) < 4.78 is 0. The van der Waals surface area contributed by atoms with E-state index in [1.165, 1.54) is 0 Å². The Bertz CT molecular complexity index is 451. The Morgan fingerprint density at radius 1 is 1.37 bits per heavy atom. The summed E-state index contributed by atoms with van der Waals surface area (Å²) >= 11 is 5.94. The minimum atomic E-state index is -1.16. The predicted molar refractivity (Wildman–Crippen MR) is 73.3 cm³/mol. The third-order valence-electron chi connectivity index (χ3n) is 2.55. The molecule has 0 saturated heterocycles. The van der Waals surface area contributed by atoms with Crippen LogP contribution in [-0.4, -0.2) is 23.7 Å². The Morgan fingerprint density at radius 3 is 2.63 bits per heavy atom. The third-order valence-corrected chi connectivity index (χ3v) is 2.90. The fraction of sp³-hybridized carbons (Fsp3) is 0.385. The normalized spacial score (nSPS) is 11.7. The highest BCUT2D eigenvalue weighted by molar-refractivity contribution is 6.31. The molecule has 0 aliphatic heterocycles. The molecule has 1 aromatic carbocycles. The predicted octanol–water partition coefficient (Wildman–Crippen LogP) is 2.57. The zero-order chi connectivity index (χ0) is 14.3. The van der Waals surface area contributed by atoms with Gasteiger partial charge in [-0.25, -0.2) is 9.59 Å². The zero-order valence-electron chi connectivity index (χ0n) is 10.6. The van der Waals surface area contributed by atoms with Crippen molar-refractivity contribution < 1.29 is 14.7 Å². The number of rotatable bonds is 6. The Balaban J connectivity index is 2.72. The lowest BCUT2D eigenvalue weighted by molar-refractivity contribution is -0.139. The van der Waals surface area contributed by atoms with Crippen LogP contribution in [0.15, 0.2) is 24.3 Å². The highest BCUT2D eigenvalue weighted by Gasteiger charge is 2.23. The van der Waals surface area contributed by atoms with E-state index in [1.54, 1.807) is 24.3 Å². The molecule has 0 saturated carbocycles. The van der Waals surface area contributed by atoms with Gasteiger partial charge in [-0.3, -0.25) is 0 Å². The molecule has 3 N–H and O–H groups in total. The van der Waals surface area contributed by atoms with Gasteiger partial charge < -0.3 is 15.7 Å². The van der Waals surface area contributed by atoms with Crippen molar-refractivity contribution in [1.29, 1.82) is 0 Å². The van der Waals surface area contributed by atoms with Gasteiger partial charge in [-0.05, 0) is 12.5 Å². The molecule has 0 fully saturated rings. The van der Waals surface area contributed by atoms with Crippen molar-refractivity contribution in [3.8, 4) is 0 Å². The fourth-order valence-electron chi connectivity index (χ4n) is 1.54. The number of halogens is 1. The SMILES string of the molecule is CCCCNC(=O)N[C@@H](C(=O)O)c1ccccc1Cl. The number of unbranched alkanes of at least 4 members (excludes halogenated alkanes) is 1. The van der Waals surface area contributed by atoms with Gasteiger partial charge in [0, 0.05) is 17.1 Å². The minimum absolute atomic E-state index is 0.309. The quantitative estimate of drug-likeness (QED) is 0.703. The van der Waals surface area contributed by atoms with E-state index in [1.807, 2.05) is 6.92 Å². The lowest BCUT2D eigenvalue weighted by atomic mass is 10.1. The summed E-state index contributed by atoms with van der Waals surface area (Å²) in [6.07, 6.45) is 1.80. The van der Waals surface area contributed by atoms with Crippen LogP contribution in [0.25, 0.3) is 0 Å². The van der Waals surface area contributed by atoms with Crippen LogP contribution >= 0.6 is 11.6 Å². The van der Waals surface area contributed by atoms with Crippen molar-refractivity contribution in [3.63, 3.8) is 0 Å². The van der Waals surface area contributed by atoms with E-state index in [2.05, 4.69) is 10.6 Å². The lowest BCUT2D eigenvalue weighted by Gasteiger charge is -2.16. The topological polar surface area (TPSA) is 78.4 Å². The van der Waals surface area contributed by atoms with E-state index < -0.39 is 18.0 Å². The molecule has 0 aliphatic carbocycles. The molecule has 0 spiro atoms. The molecule has 0 heterocycles. The summed E-state index contributed by atoms with van der Waals surface area (Å²) in [6.45, 7) is 2.51. The average molecular weight is 285 g/mol. The highest BCUT2D eigenvalue weighted by Crippen LogP contribution is 2.22. The molecule has 2 amide bonds. The Morgan fingerprint density at radius 2 is 2.05 bits per heavy atom. The Hall–Kier alpha value is -1.75. The number of nitrogens with one attached hydrogen (secondary N) is 2. The second-order valence-electron chi connectivity index (χ2n) is 4.05. The number of carboxylic acids is 1. The number of carbonyl (C=O) groups is 2. The maximum atomic E-state index is 11.6. The van der Waals surface area contributed by atoms with Crippen molar-refractivity contribution in [2.75, 3.05) is 6.54 Å². The number of benzene rings is 1. The van der Waals surface area contributed by atoms with Crippen LogP contribution in [0.4, 0.5) is 4.79 Å². The van der Waals surface area contributed by atoms with Gasteiger partial charge in [0.15, 0.2) is 6.04 Å². The molecular weight excluding hydrogens is 268 g/mol. The van der Waals surface area contributed by atoms with Gasteiger partial charge in [0.05, 0.1) is 0 Å². The molecule has 0 aliphatic rings. The fourth-order valence-corrected chi connectivity index (χ4v) is 1.79. The van der Waals surface area contributed by atoms with E-state index >= 15 is 0 Å². The first-order valence-electron chi connectivity index (χ1n) is 6.07. The molecule has 1 aromatic rings. The molecule has 5 nitrogen and oxygen atoms in total. The van der Waals surface area contributed by atoms with E-state index in [0.29, 0.717) is 17.1 Å². The molecule has 19 heavy (non-hydrogen) atoms. The number of urea groups is 1. The smallest absolute Gasteiger partial charge is 0.331 e. The minimum Gasteiger partial charge on any atom is -0.479 e. The zero-order valence-corrected chi connectivity index (χ0v) is 11.4. The first-order chi connectivity index (χ1) is 9.06. The largest absolute Gasteiger partial charge is 0.479 e. The van der Waals surface area contributed by atoms with Gasteiger partial charge >= 0.3 is 12.0 Å². The number of hydrogen-bond acceptors (Lipinski definition) is 2. The van der Waals surface area contributed by atoms with Gasteiger partial charge in [0.2, 0.25) is 0 Å². The van der Waals surface area contributed by atoms with Crippen molar-refractivity contribution in [1.82, 2.24) is 10.6 Å². The maximum Gasteiger partial charge on any atom is 0.331 e. The van der Waals surface area contributed by atoms with Crippen LogP contribution in [0.2, 0.25) is 5.02 Å². The van der Waals surface area contributed by atoms with Gasteiger partial charge in [-0.2, -0.15) is 0 Å². The van der Waals surface area contributed by atoms with Crippen molar-refractivity contribution in [2.45, 2.75) is 25.8 Å². The number of carbonyl (C=O) groups excluding carboxylic acids is 1.